The fourth-order valence-electron chi connectivity index (χ4n) is 3.13. The quantitative estimate of drug-likeness (QED) is 0.746. The van der Waals surface area contributed by atoms with E-state index in [1.54, 1.807) is 7.11 Å². The average molecular weight is 323 g/mol. The Balaban J connectivity index is 1.85. The molecule has 5 heteroatoms. The number of para-hydroxylation sites is 2. The van der Waals surface area contributed by atoms with Crippen molar-refractivity contribution in [3.63, 3.8) is 0 Å². The van der Waals surface area contributed by atoms with Crippen LogP contribution in [-0.2, 0) is 4.74 Å². The van der Waals surface area contributed by atoms with Gasteiger partial charge in [-0.3, -0.25) is 4.90 Å². The SMILES string of the molecule is COCOc1ccccc1OCC(O)CN1C(C)CCCC1C. The zero-order valence-electron chi connectivity index (χ0n) is 14.4. The zero-order valence-corrected chi connectivity index (χ0v) is 14.4. The van der Waals surface area contributed by atoms with E-state index in [0.717, 1.165) is 0 Å². The maximum Gasteiger partial charge on any atom is 0.188 e. The molecule has 23 heavy (non-hydrogen) atoms. The van der Waals surface area contributed by atoms with Crippen molar-refractivity contribution in [3.8, 4) is 11.5 Å². The standard InChI is InChI=1S/C18H29NO4/c1-14-7-6-8-15(2)19(14)11-16(20)12-22-17-9-4-5-10-18(17)23-13-21-3/h4-5,9-10,14-16,20H,6-8,11-13H2,1-3H3. The van der Waals surface area contributed by atoms with Crippen molar-refractivity contribution in [2.24, 2.45) is 0 Å². The van der Waals surface area contributed by atoms with Gasteiger partial charge in [-0.25, -0.2) is 0 Å². The van der Waals surface area contributed by atoms with Crippen LogP contribution in [0, 0.1) is 0 Å². The number of piperidine rings is 1. The topological polar surface area (TPSA) is 51.2 Å². The van der Waals surface area contributed by atoms with Crippen LogP contribution >= 0.6 is 0 Å². The molecule has 3 unspecified atom stereocenters. The van der Waals surface area contributed by atoms with E-state index in [2.05, 4.69) is 18.7 Å². The van der Waals surface area contributed by atoms with Crippen LogP contribution in [0.4, 0.5) is 0 Å². The molecule has 1 aliphatic heterocycles. The van der Waals surface area contributed by atoms with E-state index in [1.165, 1.54) is 19.3 Å². The molecule has 0 aromatic heterocycles. The number of aliphatic hydroxyl groups is 1. The van der Waals surface area contributed by atoms with Crippen molar-refractivity contribution in [2.75, 3.05) is 27.1 Å². The maximum atomic E-state index is 10.3. The van der Waals surface area contributed by atoms with Gasteiger partial charge in [-0.05, 0) is 38.8 Å². The predicted octanol–water partition coefficient (Wildman–Crippen LogP) is 2.67. The molecule has 1 aliphatic rings. The minimum absolute atomic E-state index is 0.172. The van der Waals surface area contributed by atoms with E-state index < -0.39 is 6.10 Å². The lowest BCUT2D eigenvalue weighted by molar-refractivity contribution is 0.0182. The van der Waals surface area contributed by atoms with Crippen molar-refractivity contribution in [1.29, 1.82) is 0 Å². The Kier molecular flexibility index (Phi) is 7.15. The lowest BCUT2D eigenvalue weighted by atomic mass is 9.97. The van der Waals surface area contributed by atoms with Crippen LogP contribution in [0.2, 0.25) is 0 Å². The monoisotopic (exact) mass is 323 g/mol. The summed E-state index contributed by atoms with van der Waals surface area (Å²) in [7, 11) is 1.58. The Morgan fingerprint density at radius 3 is 2.35 bits per heavy atom. The molecule has 0 bridgehead atoms. The molecule has 1 aromatic rings. The summed E-state index contributed by atoms with van der Waals surface area (Å²) in [5, 5.41) is 10.3. The van der Waals surface area contributed by atoms with E-state index in [9.17, 15) is 5.11 Å². The lowest BCUT2D eigenvalue weighted by Gasteiger charge is -2.40. The smallest absolute Gasteiger partial charge is 0.188 e. The normalized spacial score (nSPS) is 23.5. The first-order valence-electron chi connectivity index (χ1n) is 8.39. The highest BCUT2D eigenvalue weighted by Crippen LogP contribution is 2.27. The Bertz CT molecular complexity index is 458. The summed E-state index contributed by atoms with van der Waals surface area (Å²) in [6, 6.07) is 8.47. The summed E-state index contributed by atoms with van der Waals surface area (Å²) in [5.41, 5.74) is 0. The number of nitrogens with zero attached hydrogens (tertiary/aromatic N) is 1. The van der Waals surface area contributed by atoms with Crippen molar-refractivity contribution in [1.82, 2.24) is 4.90 Å². The first-order chi connectivity index (χ1) is 11.1. The molecule has 0 amide bonds. The highest BCUT2D eigenvalue weighted by atomic mass is 16.7. The number of hydrogen-bond donors (Lipinski definition) is 1. The first kappa shape index (κ1) is 18.0. The first-order valence-corrected chi connectivity index (χ1v) is 8.39. The van der Waals surface area contributed by atoms with Crippen LogP contribution in [0.5, 0.6) is 11.5 Å². The predicted molar refractivity (Wildman–Crippen MR) is 89.9 cm³/mol. The van der Waals surface area contributed by atoms with Crippen molar-refractivity contribution < 1.29 is 19.3 Å². The Labute approximate surface area is 139 Å². The molecule has 130 valence electrons. The van der Waals surface area contributed by atoms with Crippen molar-refractivity contribution >= 4 is 0 Å². The summed E-state index contributed by atoms with van der Waals surface area (Å²) in [6.45, 7) is 5.53. The van der Waals surface area contributed by atoms with E-state index in [1.807, 2.05) is 24.3 Å². The summed E-state index contributed by atoms with van der Waals surface area (Å²) in [4.78, 5) is 2.38. The van der Waals surface area contributed by atoms with E-state index >= 15 is 0 Å². The van der Waals surface area contributed by atoms with Gasteiger partial charge >= 0.3 is 0 Å². The Hall–Kier alpha value is -1.30. The van der Waals surface area contributed by atoms with Crippen LogP contribution in [0.3, 0.4) is 0 Å². The molecule has 1 heterocycles. The lowest BCUT2D eigenvalue weighted by Crippen LogP contribution is -2.48. The molecule has 2 rings (SSSR count). The molecule has 1 N–H and O–H groups in total. The van der Waals surface area contributed by atoms with Gasteiger partial charge in [0.2, 0.25) is 0 Å². The van der Waals surface area contributed by atoms with Gasteiger partial charge in [-0.1, -0.05) is 18.6 Å². The number of benzene rings is 1. The van der Waals surface area contributed by atoms with Gasteiger partial charge in [0.25, 0.3) is 0 Å². The number of likely N-dealkylation sites (tertiary alicyclic amines) is 1. The van der Waals surface area contributed by atoms with Gasteiger partial charge in [-0.15, -0.1) is 0 Å². The van der Waals surface area contributed by atoms with Gasteiger partial charge in [0.1, 0.15) is 12.7 Å². The largest absolute Gasteiger partial charge is 0.487 e. The summed E-state index contributed by atoms with van der Waals surface area (Å²) < 4.78 is 16.1. The number of aliphatic hydroxyl groups excluding tert-OH is 1. The third kappa shape index (κ3) is 5.37. The van der Waals surface area contributed by atoms with Crippen LogP contribution in [0.15, 0.2) is 24.3 Å². The molecule has 1 fully saturated rings. The van der Waals surface area contributed by atoms with Gasteiger partial charge in [-0.2, -0.15) is 0 Å². The molecule has 3 atom stereocenters. The van der Waals surface area contributed by atoms with E-state index in [4.69, 9.17) is 14.2 Å². The minimum atomic E-state index is -0.520. The van der Waals surface area contributed by atoms with Crippen LogP contribution in [0.1, 0.15) is 33.1 Å². The fourth-order valence-corrected chi connectivity index (χ4v) is 3.13. The number of ether oxygens (including phenoxy) is 3. The van der Waals surface area contributed by atoms with Gasteiger partial charge in [0.05, 0.1) is 0 Å². The van der Waals surface area contributed by atoms with E-state index in [-0.39, 0.29) is 13.4 Å². The molecule has 0 saturated carbocycles. The summed E-state index contributed by atoms with van der Waals surface area (Å²) >= 11 is 0. The zero-order chi connectivity index (χ0) is 16.7. The average Bonchev–Trinajstić information content (AvgIpc) is 2.55. The molecule has 0 spiro atoms. The Morgan fingerprint density at radius 2 is 1.74 bits per heavy atom. The third-order valence-electron chi connectivity index (χ3n) is 4.41. The summed E-state index contributed by atoms with van der Waals surface area (Å²) in [5.74, 6) is 1.25. The highest BCUT2D eigenvalue weighted by molar-refractivity contribution is 5.39. The van der Waals surface area contributed by atoms with Crippen molar-refractivity contribution in [3.05, 3.63) is 24.3 Å². The molecule has 1 saturated heterocycles. The molecule has 0 aliphatic carbocycles. The molecule has 5 nitrogen and oxygen atoms in total. The van der Waals surface area contributed by atoms with Gasteiger partial charge in [0, 0.05) is 25.7 Å². The maximum absolute atomic E-state index is 10.3. The van der Waals surface area contributed by atoms with Crippen LogP contribution in [-0.4, -0.2) is 55.2 Å². The second-order valence-corrected chi connectivity index (χ2v) is 6.29. The third-order valence-corrected chi connectivity index (χ3v) is 4.41. The fraction of sp³-hybridized carbons (Fsp3) is 0.667. The van der Waals surface area contributed by atoms with Crippen molar-refractivity contribution in [2.45, 2.75) is 51.3 Å². The number of hydrogen-bond acceptors (Lipinski definition) is 5. The van der Waals surface area contributed by atoms with Crippen LogP contribution < -0.4 is 9.47 Å². The van der Waals surface area contributed by atoms with E-state index in [0.29, 0.717) is 30.1 Å². The minimum Gasteiger partial charge on any atom is -0.487 e. The second kappa shape index (κ2) is 9.11. The molecule has 1 aromatic carbocycles. The summed E-state index contributed by atoms with van der Waals surface area (Å²) in [6.07, 6.45) is 3.15. The molecule has 0 radical (unpaired) electrons. The number of β-amino-alcohol motifs (C(OH)–C–C–N with tert-alkyl or cyclic N) is 1. The Morgan fingerprint density at radius 1 is 1.13 bits per heavy atom. The van der Waals surface area contributed by atoms with Gasteiger partial charge in [0.15, 0.2) is 18.3 Å². The highest BCUT2D eigenvalue weighted by Gasteiger charge is 2.26. The second-order valence-electron chi connectivity index (χ2n) is 6.29. The van der Waals surface area contributed by atoms with Gasteiger partial charge < -0.3 is 19.3 Å². The number of methoxy groups -OCH3 is 1. The van der Waals surface area contributed by atoms with Crippen LogP contribution in [0.25, 0.3) is 0 Å². The molecular weight excluding hydrogens is 294 g/mol. The number of rotatable bonds is 8. The molecular formula is C18H29NO4.